The predicted molar refractivity (Wildman–Crippen MR) is 92.6 cm³/mol. The fourth-order valence-corrected chi connectivity index (χ4v) is 3.63. The van der Waals surface area contributed by atoms with Gasteiger partial charge in [-0.15, -0.1) is 11.3 Å². The number of thiazole rings is 1. The van der Waals surface area contributed by atoms with E-state index in [9.17, 15) is 9.59 Å². The van der Waals surface area contributed by atoms with Crippen molar-refractivity contribution in [3.8, 4) is 11.5 Å². The summed E-state index contributed by atoms with van der Waals surface area (Å²) in [4.78, 5) is 28.5. The highest BCUT2D eigenvalue weighted by atomic mass is 32.1. The third-order valence-electron chi connectivity index (χ3n) is 4.13. The Labute approximate surface area is 144 Å². The molecule has 1 aliphatic carbocycles. The monoisotopic (exact) mass is 347 g/mol. The summed E-state index contributed by atoms with van der Waals surface area (Å²) in [5.41, 5.74) is 0.697. The lowest BCUT2D eigenvalue weighted by Gasteiger charge is -2.16. The van der Waals surface area contributed by atoms with Gasteiger partial charge in [0.2, 0.25) is 11.8 Å². The van der Waals surface area contributed by atoms with Crippen molar-refractivity contribution < 1.29 is 14.0 Å². The van der Waals surface area contributed by atoms with Crippen LogP contribution in [0, 0.1) is 5.92 Å². The maximum absolute atomic E-state index is 12.1. The molecule has 1 aliphatic rings. The number of hydrogen-bond donors (Lipinski definition) is 2. The molecule has 2 aromatic rings. The number of carbonyl (C=O) groups excluding carboxylic acids is 2. The molecule has 2 aromatic heterocycles. The average molecular weight is 347 g/mol. The number of amides is 2. The maximum Gasteiger partial charge on any atom is 0.228 e. The van der Waals surface area contributed by atoms with Crippen LogP contribution in [-0.2, 0) is 9.59 Å². The van der Waals surface area contributed by atoms with Crippen molar-refractivity contribution in [3.63, 3.8) is 0 Å². The summed E-state index contributed by atoms with van der Waals surface area (Å²) in [5.74, 6) is 0.700. The minimum Gasteiger partial charge on any atom is -0.463 e. The van der Waals surface area contributed by atoms with Crippen LogP contribution >= 0.6 is 11.3 Å². The van der Waals surface area contributed by atoms with Crippen LogP contribution in [0.5, 0.6) is 0 Å². The first-order chi connectivity index (χ1) is 11.6. The van der Waals surface area contributed by atoms with Gasteiger partial charge in [0.15, 0.2) is 10.9 Å². The molecule has 0 bridgehead atoms. The molecule has 0 aliphatic heterocycles. The van der Waals surface area contributed by atoms with Crippen molar-refractivity contribution >= 4 is 28.3 Å². The molecule has 1 unspecified atom stereocenters. The zero-order valence-electron chi connectivity index (χ0n) is 13.6. The molecule has 1 saturated carbocycles. The van der Waals surface area contributed by atoms with E-state index in [0.717, 1.165) is 25.7 Å². The van der Waals surface area contributed by atoms with E-state index in [0.29, 0.717) is 16.6 Å². The van der Waals surface area contributed by atoms with E-state index in [4.69, 9.17) is 4.42 Å². The lowest BCUT2D eigenvalue weighted by molar-refractivity contribution is -0.125. The molecule has 0 radical (unpaired) electrons. The Hall–Kier alpha value is -2.15. The lowest BCUT2D eigenvalue weighted by Crippen LogP contribution is -2.38. The molecular formula is C17H21N3O3S. The molecule has 2 N–H and O–H groups in total. The molecule has 1 atom stereocenters. The van der Waals surface area contributed by atoms with Crippen LogP contribution in [0.2, 0.25) is 0 Å². The molecule has 2 heterocycles. The van der Waals surface area contributed by atoms with Gasteiger partial charge in [0.1, 0.15) is 5.69 Å². The van der Waals surface area contributed by atoms with Crippen molar-refractivity contribution in [1.82, 2.24) is 10.3 Å². The smallest absolute Gasteiger partial charge is 0.228 e. The van der Waals surface area contributed by atoms with Gasteiger partial charge in [0.05, 0.1) is 6.26 Å². The van der Waals surface area contributed by atoms with Gasteiger partial charge in [-0.05, 0) is 31.9 Å². The van der Waals surface area contributed by atoms with Crippen molar-refractivity contribution in [2.75, 3.05) is 5.32 Å². The summed E-state index contributed by atoms with van der Waals surface area (Å²) in [6.07, 6.45) is 5.97. The summed E-state index contributed by atoms with van der Waals surface area (Å²) < 4.78 is 5.28. The van der Waals surface area contributed by atoms with E-state index in [1.165, 1.54) is 11.3 Å². The van der Waals surface area contributed by atoms with Crippen molar-refractivity contribution in [3.05, 3.63) is 23.8 Å². The average Bonchev–Trinajstić information content (AvgIpc) is 3.29. The molecule has 0 spiro atoms. The summed E-state index contributed by atoms with van der Waals surface area (Å²) in [6.45, 7) is 1.85. The van der Waals surface area contributed by atoms with Gasteiger partial charge >= 0.3 is 0 Å². The normalized spacial score (nSPS) is 16.0. The summed E-state index contributed by atoms with van der Waals surface area (Å²) in [5, 5.41) is 8.07. The minimum atomic E-state index is -0.192. The van der Waals surface area contributed by atoms with Crippen LogP contribution in [0.3, 0.4) is 0 Å². The molecule has 6 nitrogen and oxygen atoms in total. The fourth-order valence-electron chi connectivity index (χ4n) is 2.92. The van der Waals surface area contributed by atoms with Crippen molar-refractivity contribution in [1.29, 1.82) is 0 Å². The molecule has 1 fully saturated rings. The van der Waals surface area contributed by atoms with Crippen LogP contribution in [0.15, 0.2) is 28.2 Å². The summed E-state index contributed by atoms with van der Waals surface area (Å²) in [6, 6.07) is 3.42. The lowest BCUT2D eigenvalue weighted by atomic mass is 10.1. The molecule has 7 heteroatoms. The van der Waals surface area contributed by atoms with E-state index in [1.54, 1.807) is 12.3 Å². The second-order valence-electron chi connectivity index (χ2n) is 6.16. The summed E-state index contributed by atoms with van der Waals surface area (Å²) in [7, 11) is 0. The Morgan fingerprint density at radius 2 is 2.21 bits per heavy atom. The van der Waals surface area contributed by atoms with Gasteiger partial charge in [-0.2, -0.15) is 0 Å². The topological polar surface area (TPSA) is 84.2 Å². The molecule has 0 saturated heterocycles. The first-order valence-corrected chi connectivity index (χ1v) is 9.09. The molecular weight excluding hydrogens is 326 g/mol. The Kier molecular flexibility index (Phi) is 5.30. The van der Waals surface area contributed by atoms with Crippen LogP contribution in [-0.4, -0.2) is 22.8 Å². The Morgan fingerprint density at radius 3 is 2.92 bits per heavy atom. The number of rotatable bonds is 6. The number of aromatic nitrogens is 1. The maximum atomic E-state index is 12.1. The third-order valence-corrected chi connectivity index (χ3v) is 4.89. The molecule has 0 aromatic carbocycles. The highest BCUT2D eigenvalue weighted by Crippen LogP contribution is 2.26. The second-order valence-corrected chi connectivity index (χ2v) is 7.02. The molecule has 128 valence electrons. The van der Waals surface area contributed by atoms with Gasteiger partial charge in [-0.3, -0.25) is 9.59 Å². The zero-order valence-corrected chi connectivity index (χ0v) is 14.4. The van der Waals surface area contributed by atoms with Gasteiger partial charge < -0.3 is 15.1 Å². The quantitative estimate of drug-likeness (QED) is 0.838. The molecule has 2 amide bonds. The second kappa shape index (κ2) is 7.61. The van der Waals surface area contributed by atoms with E-state index in [-0.39, 0.29) is 30.2 Å². The van der Waals surface area contributed by atoms with E-state index in [2.05, 4.69) is 15.6 Å². The number of nitrogens with zero attached hydrogens (tertiary/aromatic N) is 1. The van der Waals surface area contributed by atoms with Crippen molar-refractivity contribution in [2.24, 2.45) is 5.92 Å². The number of anilines is 1. The van der Waals surface area contributed by atoms with Crippen molar-refractivity contribution in [2.45, 2.75) is 45.1 Å². The van der Waals surface area contributed by atoms with Gasteiger partial charge in [-0.25, -0.2) is 4.98 Å². The fraction of sp³-hybridized carbons (Fsp3) is 0.471. The van der Waals surface area contributed by atoms with Crippen LogP contribution in [0.4, 0.5) is 5.13 Å². The van der Waals surface area contributed by atoms with Crippen LogP contribution in [0.25, 0.3) is 11.5 Å². The van der Waals surface area contributed by atoms with E-state index < -0.39 is 0 Å². The first-order valence-electron chi connectivity index (χ1n) is 8.21. The number of nitrogens with one attached hydrogen (secondary N) is 2. The minimum absolute atomic E-state index is 0.0714. The summed E-state index contributed by atoms with van der Waals surface area (Å²) >= 11 is 1.35. The van der Waals surface area contributed by atoms with Crippen LogP contribution < -0.4 is 10.6 Å². The third kappa shape index (κ3) is 4.23. The van der Waals surface area contributed by atoms with Crippen LogP contribution in [0.1, 0.15) is 39.0 Å². The van der Waals surface area contributed by atoms with Gasteiger partial charge in [0, 0.05) is 23.8 Å². The zero-order chi connectivity index (χ0) is 16.9. The molecule has 24 heavy (non-hydrogen) atoms. The largest absolute Gasteiger partial charge is 0.463 e. The Morgan fingerprint density at radius 1 is 1.42 bits per heavy atom. The number of carbonyl (C=O) groups is 2. The Bertz CT molecular complexity index is 690. The SMILES string of the molecule is CC(CC(=O)Nc1nc(-c2ccco2)cs1)NC(=O)C1CCCC1. The van der Waals surface area contributed by atoms with E-state index in [1.807, 2.05) is 18.4 Å². The standard InChI is InChI=1S/C17H21N3O3S/c1-11(18-16(22)12-5-2-3-6-12)9-15(21)20-17-19-13(10-24-17)14-7-4-8-23-14/h4,7-8,10-12H,2-3,5-6,9H2,1H3,(H,18,22)(H,19,20,21). The van der Waals surface area contributed by atoms with E-state index >= 15 is 0 Å². The highest BCUT2D eigenvalue weighted by molar-refractivity contribution is 7.14. The highest BCUT2D eigenvalue weighted by Gasteiger charge is 2.24. The number of hydrogen-bond acceptors (Lipinski definition) is 5. The Balaban J connectivity index is 1.47. The first kappa shape index (κ1) is 16.7. The number of furan rings is 1. The predicted octanol–water partition coefficient (Wildman–Crippen LogP) is 3.43. The molecule has 3 rings (SSSR count). The van der Waals surface area contributed by atoms with Gasteiger partial charge in [0.25, 0.3) is 0 Å². The van der Waals surface area contributed by atoms with Gasteiger partial charge in [-0.1, -0.05) is 12.8 Å².